The molecule has 7 nitrogen and oxygen atoms in total. The lowest BCUT2D eigenvalue weighted by molar-refractivity contribution is -0.148. The average Bonchev–Trinajstić information content (AvgIpc) is 2.73. The van der Waals surface area contributed by atoms with Crippen molar-refractivity contribution in [3.05, 3.63) is 54.1 Å². The number of hydrogen-bond acceptors (Lipinski definition) is 6. The van der Waals surface area contributed by atoms with Crippen molar-refractivity contribution in [3.8, 4) is 17.2 Å². The molecule has 0 spiro atoms. The molecular weight excluding hydrogens is 374 g/mol. The van der Waals surface area contributed by atoms with E-state index < -0.39 is 18.0 Å². The fraction of sp³-hybridized carbons (Fsp3) is 0.273. The third-order valence-electron chi connectivity index (χ3n) is 4.07. The van der Waals surface area contributed by atoms with E-state index in [1.807, 2.05) is 31.2 Å². The summed E-state index contributed by atoms with van der Waals surface area (Å²) in [5.74, 6) is 0.912. The van der Waals surface area contributed by atoms with E-state index in [1.165, 1.54) is 13.0 Å². The van der Waals surface area contributed by atoms with Gasteiger partial charge in [0.1, 0.15) is 19.0 Å². The van der Waals surface area contributed by atoms with Gasteiger partial charge in [-0.2, -0.15) is 0 Å². The van der Waals surface area contributed by atoms with Crippen LogP contribution in [-0.2, 0) is 14.3 Å². The van der Waals surface area contributed by atoms with Gasteiger partial charge >= 0.3 is 5.97 Å². The van der Waals surface area contributed by atoms with E-state index in [9.17, 15) is 9.59 Å². The molecule has 1 amide bonds. The molecule has 7 heteroatoms. The van der Waals surface area contributed by atoms with Crippen molar-refractivity contribution in [2.24, 2.45) is 0 Å². The fourth-order valence-electron chi connectivity index (χ4n) is 2.64. The van der Waals surface area contributed by atoms with Crippen LogP contribution in [0.3, 0.4) is 0 Å². The lowest BCUT2D eigenvalue weighted by Crippen LogP contribution is -2.29. The number of rotatable bonds is 7. The van der Waals surface area contributed by atoms with Crippen LogP contribution < -0.4 is 19.5 Å². The Morgan fingerprint density at radius 2 is 1.83 bits per heavy atom. The first kappa shape index (κ1) is 20.3. The van der Waals surface area contributed by atoms with E-state index in [0.29, 0.717) is 37.0 Å². The summed E-state index contributed by atoms with van der Waals surface area (Å²) in [6.45, 7) is 4.97. The van der Waals surface area contributed by atoms with Crippen LogP contribution in [0.4, 0.5) is 5.69 Å². The van der Waals surface area contributed by atoms with Crippen LogP contribution in [0.15, 0.2) is 48.5 Å². The van der Waals surface area contributed by atoms with Crippen molar-refractivity contribution >= 4 is 23.6 Å². The second-order valence-electron chi connectivity index (χ2n) is 6.26. The fourth-order valence-corrected chi connectivity index (χ4v) is 2.64. The molecule has 0 aromatic heterocycles. The number of carbonyl (C=O) groups excluding carboxylic acids is 2. The highest BCUT2D eigenvalue weighted by molar-refractivity contribution is 5.96. The average molecular weight is 397 g/mol. The number of nitrogens with one attached hydrogen (secondary N) is 1. The largest absolute Gasteiger partial charge is 0.494 e. The minimum Gasteiger partial charge on any atom is -0.494 e. The third kappa shape index (κ3) is 5.75. The monoisotopic (exact) mass is 397 g/mol. The van der Waals surface area contributed by atoms with Gasteiger partial charge in [0.25, 0.3) is 5.91 Å². The van der Waals surface area contributed by atoms with Crippen molar-refractivity contribution < 1.29 is 28.5 Å². The number of amides is 1. The number of anilines is 1. The minimum absolute atomic E-state index is 0.440. The van der Waals surface area contributed by atoms with Gasteiger partial charge in [0, 0.05) is 17.8 Å². The molecule has 2 aromatic rings. The van der Waals surface area contributed by atoms with E-state index in [4.69, 9.17) is 18.9 Å². The Morgan fingerprint density at radius 1 is 1.10 bits per heavy atom. The van der Waals surface area contributed by atoms with Gasteiger partial charge in [0.15, 0.2) is 17.6 Å². The summed E-state index contributed by atoms with van der Waals surface area (Å²) in [6, 6.07) is 12.4. The molecule has 1 N–H and O–H groups in total. The molecule has 0 saturated heterocycles. The van der Waals surface area contributed by atoms with Gasteiger partial charge in [0.2, 0.25) is 0 Å². The summed E-state index contributed by atoms with van der Waals surface area (Å²) in [5, 5.41) is 2.70. The van der Waals surface area contributed by atoms with Crippen molar-refractivity contribution in [2.75, 3.05) is 25.1 Å². The molecule has 3 rings (SSSR count). The Balaban J connectivity index is 1.51. The minimum atomic E-state index is -0.958. The van der Waals surface area contributed by atoms with Gasteiger partial charge in [-0.15, -0.1) is 0 Å². The van der Waals surface area contributed by atoms with Gasteiger partial charge in [0.05, 0.1) is 6.61 Å². The third-order valence-corrected chi connectivity index (χ3v) is 4.07. The van der Waals surface area contributed by atoms with Crippen LogP contribution in [0.2, 0.25) is 0 Å². The predicted octanol–water partition coefficient (Wildman–Crippen LogP) is 3.44. The molecule has 1 unspecified atom stereocenters. The maximum absolute atomic E-state index is 12.3. The molecule has 0 fully saturated rings. The molecule has 2 aromatic carbocycles. The van der Waals surface area contributed by atoms with Crippen molar-refractivity contribution in [1.82, 2.24) is 0 Å². The Labute approximate surface area is 169 Å². The van der Waals surface area contributed by atoms with Crippen LogP contribution >= 0.6 is 0 Å². The maximum Gasteiger partial charge on any atom is 0.331 e. The highest BCUT2D eigenvalue weighted by atomic mass is 16.6. The van der Waals surface area contributed by atoms with E-state index >= 15 is 0 Å². The summed E-state index contributed by atoms with van der Waals surface area (Å²) in [5.41, 5.74) is 1.35. The number of fused-ring (bicyclic) bond motifs is 1. The standard InChI is InChI=1S/C22H23NO6/c1-3-26-18-8-4-16(5-9-18)6-11-21(24)29-15(2)22(25)23-17-7-10-19-20(14-17)28-13-12-27-19/h4-11,14-15H,3,12-13H2,1-2H3,(H,23,25)/b11-6+. The number of ether oxygens (including phenoxy) is 4. The highest BCUT2D eigenvalue weighted by Gasteiger charge is 2.18. The van der Waals surface area contributed by atoms with E-state index in [-0.39, 0.29) is 0 Å². The molecule has 1 atom stereocenters. The van der Waals surface area contributed by atoms with Crippen LogP contribution in [0.25, 0.3) is 6.08 Å². The van der Waals surface area contributed by atoms with Crippen LogP contribution in [0.5, 0.6) is 17.2 Å². The first-order valence-corrected chi connectivity index (χ1v) is 9.37. The normalized spacial score (nSPS) is 13.6. The molecule has 0 aliphatic carbocycles. The molecule has 0 radical (unpaired) electrons. The quantitative estimate of drug-likeness (QED) is 0.569. The number of hydrogen-bond donors (Lipinski definition) is 1. The lowest BCUT2D eigenvalue weighted by Gasteiger charge is -2.19. The molecule has 1 aliphatic heterocycles. The topological polar surface area (TPSA) is 83.1 Å². The van der Waals surface area contributed by atoms with Crippen LogP contribution in [-0.4, -0.2) is 37.8 Å². The van der Waals surface area contributed by atoms with Crippen molar-refractivity contribution in [2.45, 2.75) is 20.0 Å². The van der Waals surface area contributed by atoms with Gasteiger partial charge in [-0.05, 0) is 49.8 Å². The number of carbonyl (C=O) groups is 2. The van der Waals surface area contributed by atoms with E-state index in [1.54, 1.807) is 24.3 Å². The van der Waals surface area contributed by atoms with E-state index in [2.05, 4.69) is 5.32 Å². The van der Waals surface area contributed by atoms with Crippen molar-refractivity contribution in [3.63, 3.8) is 0 Å². The summed E-state index contributed by atoms with van der Waals surface area (Å²) < 4.78 is 21.5. The molecule has 152 valence electrons. The highest BCUT2D eigenvalue weighted by Crippen LogP contribution is 2.32. The summed E-state index contributed by atoms with van der Waals surface area (Å²) >= 11 is 0. The Hall–Kier alpha value is -3.48. The molecule has 29 heavy (non-hydrogen) atoms. The maximum atomic E-state index is 12.3. The summed E-state index contributed by atoms with van der Waals surface area (Å²) in [6.07, 6.45) is 1.94. The Morgan fingerprint density at radius 3 is 2.55 bits per heavy atom. The van der Waals surface area contributed by atoms with E-state index in [0.717, 1.165) is 11.3 Å². The second kappa shape index (κ2) is 9.64. The molecular formula is C22H23NO6. The van der Waals surface area contributed by atoms with Gasteiger partial charge in [-0.1, -0.05) is 12.1 Å². The Bertz CT molecular complexity index is 891. The molecule has 1 aliphatic rings. The second-order valence-corrected chi connectivity index (χ2v) is 6.26. The SMILES string of the molecule is CCOc1ccc(/C=C/C(=O)OC(C)C(=O)Nc2ccc3c(c2)OCCO3)cc1. The zero-order valence-corrected chi connectivity index (χ0v) is 16.3. The van der Waals surface area contributed by atoms with Gasteiger partial charge < -0.3 is 24.3 Å². The van der Waals surface area contributed by atoms with Crippen LogP contribution in [0, 0.1) is 0 Å². The smallest absolute Gasteiger partial charge is 0.331 e. The zero-order valence-electron chi connectivity index (χ0n) is 16.3. The first-order valence-electron chi connectivity index (χ1n) is 9.37. The van der Waals surface area contributed by atoms with Crippen molar-refractivity contribution in [1.29, 1.82) is 0 Å². The lowest BCUT2D eigenvalue weighted by atomic mass is 10.2. The van der Waals surface area contributed by atoms with Crippen LogP contribution in [0.1, 0.15) is 19.4 Å². The van der Waals surface area contributed by atoms with Gasteiger partial charge in [-0.3, -0.25) is 4.79 Å². The predicted molar refractivity (Wildman–Crippen MR) is 108 cm³/mol. The number of esters is 1. The molecule has 0 saturated carbocycles. The Kier molecular flexibility index (Phi) is 6.73. The van der Waals surface area contributed by atoms with Gasteiger partial charge in [-0.25, -0.2) is 4.79 Å². The zero-order chi connectivity index (χ0) is 20.6. The summed E-state index contributed by atoms with van der Waals surface area (Å²) in [4.78, 5) is 24.3. The summed E-state index contributed by atoms with van der Waals surface area (Å²) in [7, 11) is 0. The molecule has 0 bridgehead atoms. The number of benzene rings is 2. The first-order chi connectivity index (χ1) is 14.0. The molecule has 1 heterocycles.